The van der Waals surface area contributed by atoms with Gasteiger partial charge in [-0.2, -0.15) is 0 Å². The molecule has 0 saturated carbocycles. The number of aliphatic carboxylic acids is 1. The highest BCUT2D eigenvalue weighted by Crippen LogP contribution is 2.07. The summed E-state index contributed by atoms with van der Waals surface area (Å²) in [6.07, 6.45) is 1.90. The van der Waals surface area contributed by atoms with Crippen molar-refractivity contribution in [3.05, 3.63) is 0 Å². The van der Waals surface area contributed by atoms with Crippen LogP contribution < -0.4 is 16.4 Å². The Balaban J connectivity index is 2.36. The zero-order valence-corrected chi connectivity index (χ0v) is 11.6. The van der Waals surface area contributed by atoms with Crippen molar-refractivity contribution in [3.63, 3.8) is 0 Å². The average molecular weight is 286 g/mol. The molecule has 1 aliphatic heterocycles. The largest absolute Gasteiger partial charge is 0.480 e. The molecule has 3 amide bonds. The van der Waals surface area contributed by atoms with E-state index in [0.29, 0.717) is 0 Å². The second kappa shape index (κ2) is 7.68. The quantitative estimate of drug-likeness (QED) is 0.482. The molecule has 1 saturated heterocycles. The molecule has 1 heterocycles. The highest BCUT2D eigenvalue weighted by molar-refractivity contribution is 5.87. The van der Waals surface area contributed by atoms with Gasteiger partial charge in [-0.3, -0.25) is 4.79 Å². The van der Waals surface area contributed by atoms with Crippen molar-refractivity contribution < 1.29 is 19.5 Å². The van der Waals surface area contributed by atoms with Crippen LogP contribution in [0.5, 0.6) is 0 Å². The molecule has 2 unspecified atom stereocenters. The molecule has 1 rings (SSSR count). The van der Waals surface area contributed by atoms with Crippen LogP contribution in [0.25, 0.3) is 0 Å². The number of hydrogen-bond donors (Lipinski definition) is 4. The second-order valence-electron chi connectivity index (χ2n) is 5.09. The Labute approximate surface area is 117 Å². The Bertz CT molecular complexity index is 368. The number of likely N-dealkylation sites (tertiary alicyclic amines) is 1. The molecule has 114 valence electrons. The van der Waals surface area contributed by atoms with Crippen LogP contribution in [0.1, 0.15) is 26.2 Å². The number of carboxylic acid groups (broad SMARTS) is 1. The van der Waals surface area contributed by atoms with Crippen molar-refractivity contribution in [1.29, 1.82) is 0 Å². The molecule has 0 spiro atoms. The highest BCUT2D eigenvalue weighted by Gasteiger charge is 2.23. The predicted molar refractivity (Wildman–Crippen MR) is 72.0 cm³/mol. The minimum atomic E-state index is -1.30. The molecule has 0 aromatic carbocycles. The number of nitrogens with zero attached hydrogens (tertiary/aromatic N) is 1. The lowest BCUT2D eigenvalue weighted by molar-refractivity contribution is -0.140. The molecule has 5 N–H and O–H groups in total. The van der Waals surface area contributed by atoms with Crippen molar-refractivity contribution in [2.45, 2.75) is 38.3 Å². The Hall–Kier alpha value is -1.83. The molecule has 2 atom stereocenters. The summed E-state index contributed by atoms with van der Waals surface area (Å²) in [4.78, 5) is 35.5. The van der Waals surface area contributed by atoms with Crippen LogP contribution in [0.15, 0.2) is 0 Å². The molecule has 0 aromatic rings. The van der Waals surface area contributed by atoms with Gasteiger partial charge in [-0.1, -0.05) is 0 Å². The van der Waals surface area contributed by atoms with Gasteiger partial charge in [0.25, 0.3) is 0 Å². The smallest absolute Gasteiger partial charge is 0.326 e. The van der Waals surface area contributed by atoms with Crippen molar-refractivity contribution in [3.8, 4) is 0 Å². The number of nitrogens with one attached hydrogen (secondary N) is 2. The summed E-state index contributed by atoms with van der Waals surface area (Å²) in [5.41, 5.74) is 4.94. The third-order valence-corrected chi connectivity index (χ3v) is 3.12. The minimum absolute atomic E-state index is 0.101. The first kappa shape index (κ1) is 16.2. The van der Waals surface area contributed by atoms with E-state index in [4.69, 9.17) is 10.8 Å². The van der Waals surface area contributed by atoms with Gasteiger partial charge in [0, 0.05) is 12.6 Å². The summed E-state index contributed by atoms with van der Waals surface area (Å²) in [6, 6.07) is -2.01. The first-order valence-corrected chi connectivity index (χ1v) is 6.69. The first-order chi connectivity index (χ1) is 9.38. The summed E-state index contributed by atoms with van der Waals surface area (Å²) in [7, 11) is 0. The molecular formula is C12H22N4O4. The Morgan fingerprint density at radius 3 is 2.35 bits per heavy atom. The lowest BCUT2D eigenvalue weighted by atomic mass is 10.2. The van der Waals surface area contributed by atoms with Crippen molar-refractivity contribution in [2.75, 3.05) is 19.6 Å². The minimum Gasteiger partial charge on any atom is -0.480 e. The number of nitrogens with two attached hydrogens (primary N) is 1. The van der Waals surface area contributed by atoms with E-state index >= 15 is 0 Å². The van der Waals surface area contributed by atoms with Crippen LogP contribution in [0.2, 0.25) is 0 Å². The molecule has 1 fully saturated rings. The van der Waals surface area contributed by atoms with Crippen molar-refractivity contribution >= 4 is 17.9 Å². The molecule has 8 heteroatoms. The number of primary amides is 1. The number of carbonyl (C=O) groups excluding carboxylic acids is 2. The summed E-state index contributed by atoms with van der Waals surface area (Å²) in [5.74, 6) is -2.06. The highest BCUT2D eigenvalue weighted by atomic mass is 16.4. The summed E-state index contributed by atoms with van der Waals surface area (Å²) < 4.78 is 0. The average Bonchev–Trinajstić information content (AvgIpc) is 2.79. The predicted octanol–water partition coefficient (Wildman–Crippen LogP) is -0.901. The van der Waals surface area contributed by atoms with Gasteiger partial charge in [-0.25, -0.2) is 9.59 Å². The van der Waals surface area contributed by atoms with E-state index < -0.39 is 30.4 Å². The number of urea groups is 1. The fraction of sp³-hybridized carbons (Fsp3) is 0.750. The number of carboxylic acids is 1. The van der Waals surface area contributed by atoms with E-state index in [1.165, 1.54) is 12.8 Å². The number of rotatable bonds is 7. The van der Waals surface area contributed by atoms with Gasteiger partial charge in [0.1, 0.15) is 6.04 Å². The van der Waals surface area contributed by atoms with E-state index in [1.54, 1.807) is 0 Å². The molecule has 1 aliphatic rings. The van der Waals surface area contributed by atoms with Crippen molar-refractivity contribution in [2.24, 2.45) is 5.73 Å². The maximum Gasteiger partial charge on any atom is 0.326 e. The van der Waals surface area contributed by atoms with E-state index in [2.05, 4.69) is 15.5 Å². The van der Waals surface area contributed by atoms with Crippen molar-refractivity contribution in [1.82, 2.24) is 15.5 Å². The van der Waals surface area contributed by atoms with E-state index in [-0.39, 0.29) is 6.04 Å². The van der Waals surface area contributed by atoms with Gasteiger partial charge in [-0.15, -0.1) is 0 Å². The molecular weight excluding hydrogens is 264 g/mol. The van der Waals surface area contributed by atoms with Crippen LogP contribution in [0, 0.1) is 0 Å². The van der Waals surface area contributed by atoms with Gasteiger partial charge in [0.05, 0.1) is 6.42 Å². The summed E-state index contributed by atoms with van der Waals surface area (Å²) >= 11 is 0. The molecule has 0 aliphatic carbocycles. The standard InChI is InChI=1S/C12H22N4O4/c1-8(7-16-4-2-3-5-16)14-12(20)15-9(11(18)19)6-10(13)17/h8-9H,2-7H2,1H3,(H2,13,17)(H,18,19)(H2,14,15,20). The number of hydrogen-bond acceptors (Lipinski definition) is 4. The Kier molecular flexibility index (Phi) is 6.23. The SMILES string of the molecule is CC(CN1CCCC1)NC(=O)NC(CC(N)=O)C(=O)O. The fourth-order valence-electron chi connectivity index (χ4n) is 2.22. The van der Waals surface area contributed by atoms with E-state index in [9.17, 15) is 14.4 Å². The monoisotopic (exact) mass is 286 g/mol. The molecule has 8 nitrogen and oxygen atoms in total. The van der Waals surface area contributed by atoms with Crippen LogP contribution in [-0.4, -0.2) is 59.6 Å². The molecule has 0 aromatic heterocycles. The number of amides is 3. The maximum absolute atomic E-state index is 11.7. The maximum atomic E-state index is 11.7. The fourth-order valence-corrected chi connectivity index (χ4v) is 2.22. The molecule has 20 heavy (non-hydrogen) atoms. The Morgan fingerprint density at radius 2 is 1.85 bits per heavy atom. The normalized spacial score (nSPS) is 18.2. The third-order valence-electron chi connectivity index (χ3n) is 3.12. The summed E-state index contributed by atoms with van der Waals surface area (Å²) in [6.45, 7) is 4.61. The van der Waals surface area contributed by atoms with E-state index in [0.717, 1.165) is 19.6 Å². The van der Waals surface area contributed by atoms with Crippen LogP contribution in [0.4, 0.5) is 4.79 Å². The Morgan fingerprint density at radius 1 is 1.25 bits per heavy atom. The first-order valence-electron chi connectivity index (χ1n) is 6.69. The zero-order valence-electron chi connectivity index (χ0n) is 11.6. The van der Waals surface area contributed by atoms with Crippen LogP contribution >= 0.6 is 0 Å². The lowest BCUT2D eigenvalue weighted by Gasteiger charge is -2.22. The molecule has 0 radical (unpaired) electrons. The van der Waals surface area contributed by atoms with Gasteiger partial charge < -0.3 is 26.4 Å². The van der Waals surface area contributed by atoms with Gasteiger partial charge in [0.15, 0.2) is 0 Å². The van der Waals surface area contributed by atoms with Crippen LogP contribution in [0.3, 0.4) is 0 Å². The zero-order chi connectivity index (χ0) is 15.1. The van der Waals surface area contributed by atoms with Gasteiger partial charge in [-0.05, 0) is 32.9 Å². The molecule has 0 bridgehead atoms. The van der Waals surface area contributed by atoms with E-state index in [1.807, 2.05) is 6.92 Å². The second-order valence-corrected chi connectivity index (χ2v) is 5.09. The van der Waals surface area contributed by atoms with Gasteiger partial charge in [0.2, 0.25) is 5.91 Å². The van der Waals surface area contributed by atoms with Gasteiger partial charge >= 0.3 is 12.0 Å². The van der Waals surface area contributed by atoms with Crippen LogP contribution in [-0.2, 0) is 9.59 Å². The topological polar surface area (TPSA) is 125 Å². The third kappa shape index (κ3) is 5.87. The lowest BCUT2D eigenvalue weighted by Crippen LogP contribution is -2.51. The number of carbonyl (C=O) groups is 3. The summed E-state index contributed by atoms with van der Waals surface area (Å²) in [5, 5.41) is 13.8.